The van der Waals surface area contributed by atoms with E-state index in [1.54, 1.807) is 33.6 Å². The van der Waals surface area contributed by atoms with Crippen molar-refractivity contribution in [3.8, 4) is 28.5 Å². The molecular formula is C27H31N9O3. The number of aromatic nitrogens is 6. The molecule has 1 aliphatic rings. The van der Waals surface area contributed by atoms with Crippen molar-refractivity contribution < 1.29 is 14.3 Å². The molecule has 0 aromatic carbocycles. The second kappa shape index (κ2) is 10.7. The van der Waals surface area contributed by atoms with Crippen molar-refractivity contribution in [3.63, 3.8) is 0 Å². The van der Waals surface area contributed by atoms with Gasteiger partial charge in [0.1, 0.15) is 23.2 Å². The molecule has 1 amide bonds. The summed E-state index contributed by atoms with van der Waals surface area (Å²) < 4.78 is 14.1. The Morgan fingerprint density at radius 1 is 1.10 bits per heavy atom. The van der Waals surface area contributed by atoms with Crippen LogP contribution in [0.4, 0.5) is 10.6 Å². The van der Waals surface area contributed by atoms with Crippen LogP contribution < -0.4 is 4.90 Å². The molecule has 1 aliphatic heterocycles. The van der Waals surface area contributed by atoms with E-state index in [1.165, 1.54) is 0 Å². The van der Waals surface area contributed by atoms with Gasteiger partial charge in [0, 0.05) is 62.4 Å². The van der Waals surface area contributed by atoms with Crippen LogP contribution in [0.15, 0.2) is 43.0 Å². The third-order valence-corrected chi connectivity index (χ3v) is 6.41. The van der Waals surface area contributed by atoms with Crippen molar-refractivity contribution in [2.75, 3.05) is 44.8 Å². The van der Waals surface area contributed by atoms with Crippen molar-refractivity contribution >= 4 is 17.4 Å². The summed E-state index contributed by atoms with van der Waals surface area (Å²) in [6, 6.07) is 8.18. The van der Waals surface area contributed by atoms with Crippen LogP contribution >= 0.6 is 0 Å². The number of amides is 1. The van der Waals surface area contributed by atoms with Crippen molar-refractivity contribution in [2.45, 2.75) is 32.9 Å². The lowest BCUT2D eigenvalue weighted by Gasteiger charge is -2.36. The quantitative estimate of drug-likeness (QED) is 0.370. The normalized spacial score (nSPS) is 14.0. The van der Waals surface area contributed by atoms with Gasteiger partial charge in [-0.3, -0.25) is 0 Å². The topological polar surface area (TPSA) is 127 Å². The van der Waals surface area contributed by atoms with Crippen LogP contribution in [-0.4, -0.2) is 86.1 Å². The maximum atomic E-state index is 12.4. The van der Waals surface area contributed by atoms with Gasteiger partial charge in [-0.15, -0.1) is 5.10 Å². The van der Waals surface area contributed by atoms with E-state index in [4.69, 9.17) is 14.5 Å². The molecule has 4 aromatic rings. The number of hydrogen-bond acceptors (Lipinski definition) is 9. The number of carbonyl (C=O) groups is 1. The molecule has 202 valence electrons. The first-order valence-electron chi connectivity index (χ1n) is 12.8. The molecule has 5 rings (SSSR count). The monoisotopic (exact) mass is 529 g/mol. The first-order chi connectivity index (χ1) is 18.8. The van der Waals surface area contributed by atoms with Crippen LogP contribution in [0.3, 0.4) is 0 Å². The number of rotatable bonds is 6. The minimum absolute atomic E-state index is 0.290. The number of carbonyl (C=O) groups excluding carboxylic acids is 1. The van der Waals surface area contributed by atoms with E-state index in [1.807, 2.05) is 51.4 Å². The standard InChI is InChI=1S/C27H31N9O3/c1-27(2,3)39-26(37)34-9-7-33(8-10-34)24-6-5-19(15-29-24)22-13-20(17-36-25(22)21(14-28)16-30-36)23-18-35(32-31-23)11-12-38-4/h5-6,13,15-18H,7-12H2,1-4H3. The fourth-order valence-corrected chi connectivity index (χ4v) is 4.47. The first kappa shape index (κ1) is 26.1. The molecule has 0 bridgehead atoms. The van der Waals surface area contributed by atoms with Crippen LogP contribution in [0.2, 0.25) is 0 Å². The molecule has 12 nitrogen and oxygen atoms in total. The summed E-state index contributed by atoms with van der Waals surface area (Å²) in [6.07, 6.45) is 6.78. The number of ether oxygens (including phenoxy) is 2. The molecule has 0 spiro atoms. The van der Waals surface area contributed by atoms with Crippen LogP contribution in [-0.2, 0) is 16.0 Å². The maximum absolute atomic E-state index is 12.4. The Morgan fingerprint density at radius 3 is 2.56 bits per heavy atom. The van der Waals surface area contributed by atoms with Gasteiger partial charge in [-0.25, -0.2) is 19.0 Å². The molecule has 5 heterocycles. The Bertz CT molecular complexity index is 1500. The average molecular weight is 530 g/mol. The molecule has 0 radical (unpaired) electrons. The van der Waals surface area contributed by atoms with E-state index in [9.17, 15) is 10.1 Å². The van der Waals surface area contributed by atoms with E-state index >= 15 is 0 Å². The number of nitrogens with zero attached hydrogens (tertiary/aromatic N) is 9. The highest BCUT2D eigenvalue weighted by Crippen LogP contribution is 2.32. The smallest absolute Gasteiger partial charge is 0.410 e. The van der Waals surface area contributed by atoms with Crippen molar-refractivity contribution in [1.82, 2.24) is 34.5 Å². The van der Waals surface area contributed by atoms with Crippen LogP contribution in [0, 0.1) is 11.3 Å². The minimum Gasteiger partial charge on any atom is -0.444 e. The fourth-order valence-electron chi connectivity index (χ4n) is 4.47. The van der Waals surface area contributed by atoms with Gasteiger partial charge in [0.15, 0.2) is 0 Å². The zero-order valence-electron chi connectivity index (χ0n) is 22.5. The second-order valence-electron chi connectivity index (χ2n) is 10.3. The van der Waals surface area contributed by atoms with E-state index in [2.05, 4.69) is 26.4 Å². The molecule has 0 saturated carbocycles. The van der Waals surface area contributed by atoms with Gasteiger partial charge in [-0.2, -0.15) is 10.4 Å². The number of methoxy groups -OCH3 is 1. The summed E-state index contributed by atoms with van der Waals surface area (Å²) in [5.41, 5.74) is 3.84. The summed E-state index contributed by atoms with van der Waals surface area (Å²) in [6.45, 7) is 9.17. The van der Waals surface area contributed by atoms with E-state index in [0.29, 0.717) is 56.1 Å². The zero-order valence-corrected chi connectivity index (χ0v) is 22.5. The lowest BCUT2D eigenvalue weighted by molar-refractivity contribution is 0.0240. The van der Waals surface area contributed by atoms with Gasteiger partial charge in [0.05, 0.1) is 36.6 Å². The molecule has 1 saturated heterocycles. The lowest BCUT2D eigenvalue weighted by Crippen LogP contribution is -2.50. The molecule has 0 aliphatic carbocycles. The Labute approximate surface area is 226 Å². The SMILES string of the molecule is COCCn1cc(-c2cc(-c3ccc(N4CCN(C(=O)OC(C)(C)C)CC4)nc3)c3c(C#N)cnn3c2)nn1. The minimum atomic E-state index is -0.518. The van der Waals surface area contributed by atoms with E-state index in [-0.39, 0.29) is 6.09 Å². The van der Waals surface area contributed by atoms with Crippen LogP contribution in [0.25, 0.3) is 27.9 Å². The lowest BCUT2D eigenvalue weighted by atomic mass is 10.0. The fraction of sp³-hybridized carbons (Fsp3) is 0.407. The molecule has 4 aromatic heterocycles. The summed E-state index contributed by atoms with van der Waals surface area (Å²) in [4.78, 5) is 21.0. The Morgan fingerprint density at radius 2 is 1.90 bits per heavy atom. The highest BCUT2D eigenvalue weighted by molar-refractivity contribution is 5.87. The Balaban J connectivity index is 1.39. The molecule has 0 atom stereocenters. The summed E-state index contributed by atoms with van der Waals surface area (Å²) in [5.74, 6) is 0.824. The Hall–Kier alpha value is -4.50. The molecule has 39 heavy (non-hydrogen) atoms. The van der Waals surface area contributed by atoms with Gasteiger partial charge in [-0.05, 0) is 39.0 Å². The molecule has 12 heteroatoms. The predicted molar refractivity (Wildman–Crippen MR) is 144 cm³/mol. The summed E-state index contributed by atoms with van der Waals surface area (Å²) in [5, 5.41) is 22.6. The summed E-state index contributed by atoms with van der Waals surface area (Å²) >= 11 is 0. The number of anilines is 1. The highest BCUT2D eigenvalue weighted by atomic mass is 16.6. The molecular weight excluding hydrogens is 498 g/mol. The largest absolute Gasteiger partial charge is 0.444 e. The third-order valence-electron chi connectivity index (χ3n) is 6.41. The molecule has 1 fully saturated rings. The van der Waals surface area contributed by atoms with E-state index in [0.717, 1.165) is 22.5 Å². The molecule has 0 N–H and O–H groups in total. The van der Waals surface area contributed by atoms with Crippen molar-refractivity contribution in [1.29, 1.82) is 5.26 Å². The number of nitriles is 1. The highest BCUT2D eigenvalue weighted by Gasteiger charge is 2.26. The van der Waals surface area contributed by atoms with Gasteiger partial charge < -0.3 is 19.3 Å². The third kappa shape index (κ3) is 5.68. The van der Waals surface area contributed by atoms with Crippen LogP contribution in [0.5, 0.6) is 0 Å². The summed E-state index contributed by atoms with van der Waals surface area (Å²) in [7, 11) is 1.64. The number of piperazine rings is 1. The van der Waals surface area contributed by atoms with Crippen molar-refractivity contribution in [2.24, 2.45) is 0 Å². The number of pyridine rings is 2. The predicted octanol–water partition coefficient (Wildman–Crippen LogP) is 3.23. The number of fused-ring (bicyclic) bond motifs is 1. The van der Waals surface area contributed by atoms with Crippen molar-refractivity contribution in [3.05, 3.63) is 48.5 Å². The van der Waals surface area contributed by atoms with Gasteiger partial charge >= 0.3 is 6.09 Å². The van der Waals surface area contributed by atoms with Gasteiger partial charge in [0.25, 0.3) is 0 Å². The number of hydrogen-bond donors (Lipinski definition) is 0. The molecule has 0 unspecified atom stereocenters. The Kier molecular flexibility index (Phi) is 7.17. The van der Waals surface area contributed by atoms with Gasteiger partial charge in [-0.1, -0.05) is 5.21 Å². The average Bonchev–Trinajstić information content (AvgIpc) is 3.58. The van der Waals surface area contributed by atoms with Crippen LogP contribution in [0.1, 0.15) is 26.3 Å². The second-order valence-corrected chi connectivity index (χ2v) is 10.3. The first-order valence-corrected chi connectivity index (χ1v) is 12.8. The van der Waals surface area contributed by atoms with E-state index < -0.39 is 5.60 Å². The zero-order chi connectivity index (χ0) is 27.6. The van der Waals surface area contributed by atoms with Gasteiger partial charge in [0.2, 0.25) is 0 Å². The maximum Gasteiger partial charge on any atom is 0.410 e.